The van der Waals surface area contributed by atoms with Crippen molar-refractivity contribution in [3.8, 4) is 5.75 Å². The van der Waals surface area contributed by atoms with Gasteiger partial charge < -0.3 is 15.4 Å². The van der Waals surface area contributed by atoms with Crippen LogP contribution in [0.15, 0.2) is 53.5 Å². The van der Waals surface area contributed by atoms with Gasteiger partial charge in [-0.3, -0.25) is 19.5 Å². The number of hydrogen-bond acceptors (Lipinski definition) is 5. The summed E-state index contributed by atoms with van der Waals surface area (Å²) in [5.41, 5.74) is 1.28. The predicted molar refractivity (Wildman–Crippen MR) is 121 cm³/mol. The summed E-state index contributed by atoms with van der Waals surface area (Å²) in [7, 11) is 0. The van der Waals surface area contributed by atoms with Gasteiger partial charge in [-0.05, 0) is 43.3 Å². The number of benzene rings is 2. The SMILES string of the molecule is CCOc1ccc(NC(=O)CN2CCC3(CC2)N=C(c2cccc(Cl)c2)C(=O)N3)cc1. The van der Waals surface area contributed by atoms with Gasteiger partial charge in [0.2, 0.25) is 5.91 Å². The maximum atomic E-state index is 12.5. The minimum absolute atomic E-state index is 0.0707. The second-order valence-electron chi connectivity index (χ2n) is 7.74. The number of hydrogen-bond donors (Lipinski definition) is 2. The van der Waals surface area contributed by atoms with Crippen LogP contribution >= 0.6 is 11.6 Å². The fourth-order valence-corrected chi connectivity index (χ4v) is 4.11. The summed E-state index contributed by atoms with van der Waals surface area (Å²) in [4.78, 5) is 31.8. The minimum Gasteiger partial charge on any atom is -0.494 e. The highest BCUT2D eigenvalue weighted by Crippen LogP contribution is 2.29. The quantitative estimate of drug-likeness (QED) is 0.723. The summed E-state index contributed by atoms with van der Waals surface area (Å²) < 4.78 is 5.41. The van der Waals surface area contributed by atoms with Gasteiger partial charge in [0.1, 0.15) is 17.1 Å². The lowest BCUT2D eigenvalue weighted by Gasteiger charge is -2.36. The molecule has 31 heavy (non-hydrogen) atoms. The molecule has 2 aliphatic rings. The summed E-state index contributed by atoms with van der Waals surface area (Å²) in [6.45, 7) is 4.17. The minimum atomic E-state index is -0.600. The zero-order chi connectivity index (χ0) is 21.8. The van der Waals surface area contributed by atoms with E-state index < -0.39 is 5.66 Å². The molecule has 8 heteroatoms. The molecule has 162 valence electrons. The molecule has 0 aromatic heterocycles. The topological polar surface area (TPSA) is 83.0 Å². The Labute approximate surface area is 186 Å². The third-order valence-electron chi connectivity index (χ3n) is 5.48. The van der Waals surface area contributed by atoms with Gasteiger partial charge in [-0.1, -0.05) is 23.7 Å². The normalized spacial score (nSPS) is 17.9. The molecular formula is C23H25ClN4O3. The average molecular weight is 441 g/mol. The number of nitrogens with zero attached hydrogens (tertiary/aromatic N) is 2. The smallest absolute Gasteiger partial charge is 0.272 e. The first-order chi connectivity index (χ1) is 15.0. The summed E-state index contributed by atoms with van der Waals surface area (Å²) in [6.07, 6.45) is 1.30. The van der Waals surface area contributed by atoms with Gasteiger partial charge in [-0.15, -0.1) is 0 Å². The highest BCUT2D eigenvalue weighted by molar-refractivity contribution is 6.47. The molecular weight excluding hydrogens is 416 g/mol. The molecule has 4 rings (SSSR count). The van der Waals surface area contributed by atoms with E-state index in [0.717, 1.165) is 17.0 Å². The molecule has 2 N–H and O–H groups in total. The van der Waals surface area contributed by atoms with Crippen LogP contribution in [0.5, 0.6) is 5.75 Å². The van der Waals surface area contributed by atoms with Crippen LogP contribution in [0.2, 0.25) is 5.02 Å². The van der Waals surface area contributed by atoms with Gasteiger partial charge in [0.25, 0.3) is 5.91 Å². The molecule has 0 saturated carbocycles. The summed E-state index contributed by atoms with van der Waals surface area (Å²) in [5, 5.41) is 6.53. The maximum absolute atomic E-state index is 12.5. The maximum Gasteiger partial charge on any atom is 0.272 e. The van der Waals surface area contributed by atoms with E-state index in [-0.39, 0.29) is 11.8 Å². The van der Waals surface area contributed by atoms with Crippen LogP contribution in [-0.2, 0) is 9.59 Å². The Bertz CT molecular complexity index is 998. The van der Waals surface area contributed by atoms with E-state index in [0.29, 0.717) is 49.8 Å². The van der Waals surface area contributed by atoms with Crippen molar-refractivity contribution in [2.75, 3.05) is 31.6 Å². The fraction of sp³-hybridized carbons (Fsp3) is 0.348. The van der Waals surface area contributed by atoms with Crippen molar-refractivity contribution in [3.63, 3.8) is 0 Å². The number of amides is 2. The van der Waals surface area contributed by atoms with Crippen LogP contribution in [0, 0.1) is 0 Å². The lowest BCUT2D eigenvalue weighted by molar-refractivity contribution is -0.119. The molecule has 0 unspecified atom stereocenters. The number of piperidine rings is 1. The highest BCUT2D eigenvalue weighted by atomic mass is 35.5. The fourth-order valence-electron chi connectivity index (χ4n) is 3.92. The first-order valence-corrected chi connectivity index (χ1v) is 10.8. The van der Waals surface area contributed by atoms with E-state index in [1.165, 1.54) is 0 Å². The van der Waals surface area contributed by atoms with Crippen LogP contribution in [-0.4, -0.2) is 54.3 Å². The lowest BCUT2D eigenvalue weighted by atomic mass is 9.98. The van der Waals surface area contributed by atoms with E-state index in [4.69, 9.17) is 21.3 Å². The van der Waals surface area contributed by atoms with Crippen LogP contribution in [0.4, 0.5) is 5.69 Å². The number of rotatable bonds is 6. The van der Waals surface area contributed by atoms with Gasteiger partial charge in [0, 0.05) is 42.2 Å². The number of nitrogens with one attached hydrogen (secondary N) is 2. The first-order valence-electron chi connectivity index (χ1n) is 10.4. The van der Waals surface area contributed by atoms with Crippen molar-refractivity contribution in [2.45, 2.75) is 25.4 Å². The van der Waals surface area contributed by atoms with Crippen molar-refractivity contribution >= 4 is 34.8 Å². The molecule has 2 aromatic rings. The number of aliphatic imine (C=N–C) groups is 1. The van der Waals surface area contributed by atoms with Crippen molar-refractivity contribution in [1.29, 1.82) is 0 Å². The first kappa shape index (κ1) is 21.3. The number of halogens is 1. The molecule has 7 nitrogen and oxygen atoms in total. The van der Waals surface area contributed by atoms with Gasteiger partial charge in [-0.25, -0.2) is 0 Å². The molecule has 1 saturated heterocycles. The second kappa shape index (κ2) is 9.08. The Hall–Kier alpha value is -2.90. The summed E-state index contributed by atoms with van der Waals surface area (Å²) >= 11 is 6.06. The molecule has 0 atom stereocenters. The van der Waals surface area contributed by atoms with Gasteiger partial charge in [-0.2, -0.15) is 0 Å². The monoisotopic (exact) mass is 440 g/mol. The van der Waals surface area contributed by atoms with Gasteiger partial charge in [0.05, 0.1) is 13.2 Å². The zero-order valence-corrected chi connectivity index (χ0v) is 18.1. The Balaban J connectivity index is 1.32. The van der Waals surface area contributed by atoms with Crippen LogP contribution < -0.4 is 15.4 Å². The van der Waals surface area contributed by atoms with E-state index in [2.05, 4.69) is 15.5 Å². The molecule has 1 spiro atoms. The lowest BCUT2D eigenvalue weighted by Crippen LogP contribution is -2.52. The molecule has 1 fully saturated rings. The van der Waals surface area contributed by atoms with Crippen LogP contribution in [0.25, 0.3) is 0 Å². The van der Waals surface area contributed by atoms with Crippen molar-refractivity contribution < 1.29 is 14.3 Å². The number of carbonyl (C=O) groups excluding carboxylic acids is 2. The molecule has 0 radical (unpaired) electrons. The Morgan fingerprint density at radius 2 is 1.97 bits per heavy atom. The van der Waals surface area contributed by atoms with Crippen LogP contribution in [0.1, 0.15) is 25.3 Å². The average Bonchev–Trinajstić information content (AvgIpc) is 3.07. The number of ether oxygens (including phenoxy) is 1. The molecule has 2 aliphatic heterocycles. The van der Waals surface area contributed by atoms with E-state index in [1.54, 1.807) is 12.1 Å². The van der Waals surface area contributed by atoms with Crippen molar-refractivity contribution in [1.82, 2.24) is 10.2 Å². The second-order valence-corrected chi connectivity index (χ2v) is 8.17. The standard InChI is InChI=1S/C23H25ClN4O3/c1-2-31-19-8-6-18(7-9-19)25-20(29)15-28-12-10-23(11-13-28)26-21(22(30)27-23)16-4-3-5-17(24)14-16/h3-9,14H,2,10-13,15H2,1H3,(H,25,29)(H,27,30). The Morgan fingerprint density at radius 1 is 1.23 bits per heavy atom. The Kier molecular flexibility index (Phi) is 6.25. The van der Waals surface area contributed by atoms with E-state index in [1.807, 2.05) is 43.3 Å². The Morgan fingerprint density at radius 3 is 2.65 bits per heavy atom. The summed E-state index contributed by atoms with van der Waals surface area (Å²) in [6, 6.07) is 14.5. The largest absolute Gasteiger partial charge is 0.494 e. The molecule has 0 aliphatic carbocycles. The van der Waals surface area contributed by atoms with E-state index >= 15 is 0 Å². The summed E-state index contributed by atoms with van der Waals surface area (Å²) in [5.74, 6) is 0.529. The predicted octanol–water partition coefficient (Wildman–Crippen LogP) is 3.09. The number of likely N-dealkylation sites (tertiary alicyclic amines) is 1. The molecule has 2 amide bonds. The zero-order valence-electron chi connectivity index (χ0n) is 17.4. The third-order valence-corrected chi connectivity index (χ3v) is 5.72. The molecule has 0 bridgehead atoms. The highest BCUT2D eigenvalue weighted by Gasteiger charge is 2.42. The number of carbonyl (C=O) groups is 2. The third kappa shape index (κ3) is 5.06. The van der Waals surface area contributed by atoms with Crippen molar-refractivity contribution in [3.05, 3.63) is 59.1 Å². The van der Waals surface area contributed by atoms with E-state index in [9.17, 15) is 9.59 Å². The van der Waals surface area contributed by atoms with Gasteiger partial charge >= 0.3 is 0 Å². The number of anilines is 1. The van der Waals surface area contributed by atoms with Gasteiger partial charge in [0.15, 0.2) is 0 Å². The molecule has 2 heterocycles. The van der Waals surface area contributed by atoms with Crippen LogP contribution in [0.3, 0.4) is 0 Å². The molecule has 2 aromatic carbocycles. The van der Waals surface area contributed by atoms with Crippen molar-refractivity contribution in [2.24, 2.45) is 4.99 Å².